The minimum atomic E-state index is -3.65. The van der Waals surface area contributed by atoms with E-state index in [2.05, 4.69) is 10.8 Å². The van der Waals surface area contributed by atoms with Crippen LogP contribution in [0.15, 0.2) is 65.8 Å². The summed E-state index contributed by atoms with van der Waals surface area (Å²) < 4.78 is 29.8. The molecule has 1 heterocycles. The predicted octanol–water partition coefficient (Wildman–Crippen LogP) is 4.16. The van der Waals surface area contributed by atoms with Gasteiger partial charge in [0.05, 0.1) is 17.3 Å². The second-order valence-electron chi connectivity index (χ2n) is 6.00. The number of nitriles is 1. The number of hydrogen-bond acceptors (Lipinski definition) is 3. The normalized spacial score (nSPS) is 11.1. The Bertz CT molecular complexity index is 1070. The standard InChI is InChI=1S/C20H19N3O2S/c1-3-23-11-10-19(14-23)26(24,25)22-20-12-18(7-4-15(20)2)17-8-5-16(13-21)6-9-17/h4-12,14,22H,3H2,1-2H3. The number of benzene rings is 2. The quantitative estimate of drug-likeness (QED) is 0.738. The Morgan fingerprint density at radius 1 is 1.08 bits per heavy atom. The minimum Gasteiger partial charge on any atom is -0.353 e. The van der Waals surface area contributed by atoms with E-state index in [-0.39, 0.29) is 4.90 Å². The van der Waals surface area contributed by atoms with E-state index >= 15 is 0 Å². The molecule has 5 nitrogen and oxygen atoms in total. The Kier molecular flexibility index (Phi) is 4.83. The van der Waals surface area contributed by atoms with Crippen molar-refractivity contribution in [1.82, 2.24) is 4.57 Å². The van der Waals surface area contributed by atoms with Gasteiger partial charge in [-0.1, -0.05) is 24.3 Å². The van der Waals surface area contributed by atoms with Gasteiger partial charge in [0.1, 0.15) is 4.90 Å². The van der Waals surface area contributed by atoms with Crippen molar-refractivity contribution in [3.8, 4) is 17.2 Å². The van der Waals surface area contributed by atoms with Crippen LogP contribution in [0.4, 0.5) is 5.69 Å². The monoisotopic (exact) mass is 365 g/mol. The molecule has 0 aliphatic carbocycles. The summed E-state index contributed by atoms with van der Waals surface area (Å²) in [6.45, 7) is 4.52. The lowest BCUT2D eigenvalue weighted by Crippen LogP contribution is -2.13. The van der Waals surface area contributed by atoms with Crippen LogP contribution in [0.25, 0.3) is 11.1 Å². The molecule has 0 aliphatic rings. The van der Waals surface area contributed by atoms with Gasteiger partial charge in [0.25, 0.3) is 10.0 Å². The molecule has 6 heteroatoms. The highest BCUT2D eigenvalue weighted by atomic mass is 32.2. The third-order valence-corrected chi connectivity index (χ3v) is 5.58. The first-order valence-corrected chi connectivity index (χ1v) is 9.71. The van der Waals surface area contributed by atoms with Crippen molar-refractivity contribution in [2.75, 3.05) is 4.72 Å². The van der Waals surface area contributed by atoms with Crippen molar-refractivity contribution in [3.63, 3.8) is 0 Å². The van der Waals surface area contributed by atoms with Crippen LogP contribution in [-0.2, 0) is 16.6 Å². The van der Waals surface area contributed by atoms with Crippen molar-refractivity contribution in [3.05, 3.63) is 72.1 Å². The number of sulfonamides is 1. The molecule has 0 saturated heterocycles. The number of nitrogens with zero attached hydrogens (tertiary/aromatic N) is 2. The van der Waals surface area contributed by atoms with Crippen LogP contribution in [0.2, 0.25) is 0 Å². The summed E-state index contributed by atoms with van der Waals surface area (Å²) in [6, 6.07) is 16.5. The summed E-state index contributed by atoms with van der Waals surface area (Å²) in [7, 11) is -3.65. The molecule has 0 amide bonds. The summed E-state index contributed by atoms with van der Waals surface area (Å²) in [5, 5.41) is 8.91. The molecule has 0 aliphatic heterocycles. The first-order chi connectivity index (χ1) is 12.4. The second kappa shape index (κ2) is 7.06. The zero-order valence-electron chi connectivity index (χ0n) is 14.6. The molecule has 0 radical (unpaired) electrons. The van der Waals surface area contributed by atoms with Gasteiger partial charge in [-0.2, -0.15) is 5.26 Å². The maximum Gasteiger partial charge on any atom is 0.263 e. The molecule has 1 aromatic heterocycles. The summed E-state index contributed by atoms with van der Waals surface area (Å²) >= 11 is 0. The van der Waals surface area contributed by atoms with E-state index in [1.165, 1.54) is 0 Å². The van der Waals surface area contributed by atoms with Crippen molar-refractivity contribution in [1.29, 1.82) is 5.26 Å². The van der Waals surface area contributed by atoms with E-state index in [4.69, 9.17) is 5.26 Å². The molecule has 3 rings (SSSR count). The molecule has 0 saturated carbocycles. The third kappa shape index (κ3) is 3.63. The number of anilines is 1. The van der Waals surface area contributed by atoms with Crippen molar-refractivity contribution in [2.45, 2.75) is 25.3 Å². The Labute approximate surface area is 153 Å². The Morgan fingerprint density at radius 2 is 1.77 bits per heavy atom. The number of hydrogen-bond donors (Lipinski definition) is 1. The average molecular weight is 365 g/mol. The SMILES string of the molecule is CCn1ccc(S(=O)(=O)Nc2cc(-c3ccc(C#N)cc3)ccc2C)c1. The topological polar surface area (TPSA) is 74.9 Å². The smallest absolute Gasteiger partial charge is 0.263 e. The van der Waals surface area contributed by atoms with Crippen LogP contribution in [0.5, 0.6) is 0 Å². The summed E-state index contributed by atoms with van der Waals surface area (Å²) in [5.41, 5.74) is 3.75. The fourth-order valence-corrected chi connectivity index (χ4v) is 3.77. The first kappa shape index (κ1) is 17.8. The molecular formula is C20H19N3O2S. The molecule has 2 aromatic carbocycles. The zero-order chi connectivity index (χ0) is 18.7. The van der Waals surface area contributed by atoms with Gasteiger partial charge in [-0.25, -0.2) is 8.42 Å². The number of aryl methyl sites for hydroxylation is 2. The van der Waals surface area contributed by atoms with E-state index in [0.717, 1.165) is 16.7 Å². The van der Waals surface area contributed by atoms with E-state index in [0.29, 0.717) is 17.8 Å². The highest BCUT2D eigenvalue weighted by molar-refractivity contribution is 7.92. The van der Waals surface area contributed by atoms with Crippen molar-refractivity contribution < 1.29 is 8.42 Å². The predicted molar refractivity (Wildman–Crippen MR) is 102 cm³/mol. The minimum absolute atomic E-state index is 0.238. The fraction of sp³-hybridized carbons (Fsp3) is 0.150. The van der Waals surface area contributed by atoms with E-state index in [9.17, 15) is 8.42 Å². The lowest BCUT2D eigenvalue weighted by molar-refractivity contribution is 0.600. The number of nitrogens with one attached hydrogen (secondary N) is 1. The van der Waals surface area contributed by atoms with Crippen LogP contribution in [-0.4, -0.2) is 13.0 Å². The van der Waals surface area contributed by atoms with E-state index in [1.54, 1.807) is 30.6 Å². The largest absolute Gasteiger partial charge is 0.353 e. The Morgan fingerprint density at radius 3 is 2.38 bits per heavy atom. The van der Waals surface area contributed by atoms with Crippen LogP contribution in [0.1, 0.15) is 18.1 Å². The lowest BCUT2D eigenvalue weighted by atomic mass is 10.0. The molecule has 0 unspecified atom stereocenters. The molecule has 0 atom stereocenters. The summed E-state index contributed by atoms with van der Waals surface area (Å²) in [5.74, 6) is 0. The zero-order valence-corrected chi connectivity index (χ0v) is 15.4. The molecule has 1 N–H and O–H groups in total. The Balaban J connectivity index is 1.93. The van der Waals surface area contributed by atoms with Crippen LogP contribution in [0.3, 0.4) is 0 Å². The highest BCUT2D eigenvalue weighted by Crippen LogP contribution is 2.27. The fourth-order valence-electron chi connectivity index (χ4n) is 2.63. The van der Waals surface area contributed by atoms with Gasteiger partial charge in [-0.3, -0.25) is 4.72 Å². The molecule has 0 bridgehead atoms. The van der Waals surface area contributed by atoms with Gasteiger partial charge in [0.15, 0.2) is 0 Å². The average Bonchev–Trinajstić information content (AvgIpc) is 3.14. The molecule has 3 aromatic rings. The molecule has 132 valence electrons. The summed E-state index contributed by atoms with van der Waals surface area (Å²) in [4.78, 5) is 0.238. The van der Waals surface area contributed by atoms with Gasteiger partial charge in [-0.05, 0) is 54.8 Å². The van der Waals surface area contributed by atoms with Gasteiger partial charge in [-0.15, -0.1) is 0 Å². The summed E-state index contributed by atoms with van der Waals surface area (Å²) in [6.07, 6.45) is 3.36. The second-order valence-corrected chi connectivity index (χ2v) is 7.68. The Hall–Kier alpha value is -3.04. The van der Waals surface area contributed by atoms with Gasteiger partial charge in [0, 0.05) is 18.9 Å². The number of aromatic nitrogens is 1. The van der Waals surface area contributed by atoms with Gasteiger partial charge in [0.2, 0.25) is 0 Å². The number of rotatable bonds is 5. The van der Waals surface area contributed by atoms with E-state index < -0.39 is 10.0 Å². The van der Waals surface area contributed by atoms with E-state index in [1.807, 2.05) is 48.7 Å². The maximum absolute atomic E-state index is 12.7. The molecule has 0 fully saturated rings. The molecular weight excluding hydrogens is 346 g/mol. The van der Waals surface area contributed by atoms with Crippen LogP contribution in [0, 0.1) is 18.3 Å². The first-order valence-electron chi connectivity index (χ1n) is 8.23. The van der Waals surface area contributed by atoms with Crippen LogP contribution >= 0.6 is 0 Å². The van der Waals surface area contributed by atoms with Gasteiger partial charge < -0.3 is 4.57 Å². The van der Waals surface area contributed by atoms with Crippen molar-refractivity contribution >= 4 is 15.7 Å². The maximum atomic E-state index is 12.7. The van der Waals surface area contributed by atoms with Gasteiger partial charge >= 0.3 is 0 Å². The molecule has 0 spiro atoms. The highest BCUT2D eigenvalue weighted by Gasteiger charge is 2.17. The van der Waals surface area contributed by atoms with Crippen LogP contribution < -0.4 is 4.72 Å². The lowest BCUT2D eigenvalue weighted by Gasteiger charge is -2.12. The third-order valence-electron chi connectivity index (χ3n) is 4.23. The van der Waals surface area contributed by atoms with Crippen molar-refractivity contribution in [2.24, 2.45) is 0 Å². The molecule has 26 heavy (non-hydrogen) atoms.